The molecule has 164 valence electrons. The van der Waals surface area contributed by atoms with Gasteiger partial charge in [-0.15, -0.1) is 24.0 Å². The van der Waals surface area contributed by atoms with Gasteiger partial charge in [0.25, 0.3) is 0 Å². The number of ether oxygens (including phenoxy) is 4. The first kappa shape index (κ1) is 23.9. The van der Waals surface area contributed by atoms with Crippen molar-refractivity contribution in [3.63, 3.8) is 0 Å². The molecule has 1 heterocycles. The Labute approximate surface area is 195 Å². The molecule has 1 N–H and O–H groups in total. The van der Waals surface area contributed by atoms with E-state index in [4.69, 9.17) is 18.9 Å². The number of methoxy groups -OCH3 is 2. The maximum absolute atomic E-state index is 5.78. The van der Waals surface area contributed by atoms with E-state index in [1.807, 2.05) is 48.3 Å². The van der Waals surface area contributed by atoms with Crippen molar-refractivity contribution in [3.05, 3.63) is 47.5 Å². The zero-order valence-corrected chi connectivity index (χ0v) is 20.3. The van der Waals surface area contributed by atoms with Gasteiger partial charge in [-0.3, -0.25) is 4.99 Å². The topological polar surface area (TPSA) is 64.6 Å². The Morgan fingerprint density at radius 1 is 1.07 bits per heavy atom. The van der Waals surface area contributed by atoms with Crippen molar-refractivity contribution in [2.45, 2.75) is 19.5 Å². The van der Waals surface area contributed by atoms with Crippen LogP contribution in [0.5, 0.6) is 23.0 Å². The van der Waals surface area contributed by atoms with Gasteiger partial charge in [0.05, 0.1) is 27.4 Å². The van der Waals surface area contributed by atoms with Crippen LogP contribution in [0.15, 0.2) is 41.4 Å². The fraction of sp³-hybridized carbons (Fsp3) is 0.409. The smallest absolute Gasteiger partial charge is 0.193 e. The first-order valence-electron chi connectivity index (χ1n) is 9.65. The summed E-state index contributed by atoms with van der Waals surface area (Å²) in [7, 11) is 7.08. The molecular weight excluding hydrogens is 497 g/mol. The summed E-state index contributed by atoms with van der Waals surface area (Å²) in [5.74, 6) is 3.95. The lowest BCUT2D eigenvalue weighted by molar-refractivity contribution is 0.297. The summed E-state index contributed by atoms with van der Waals surface area (Å²) < 4.78 is 22.2. The number of hydrogen-bond donors (Lipinski definition) is 1. The molecule has 1 aliphatic heterocycles. The molecule has 2 aromatic rings. The van der Waals surface area contributed by atoms with Crippen LogP contribution in [0.4, 0.5) is 0 Å². The Hall–Kier alpha value is -2.36. The van der Waals surface area contributed by atoms with Crippen molar-refractivity contribution in [1.29, 1.82) is 0 Å². The molecule has 2 aromatic carbocycles. The molecule has 0 bridgehead atoms. The second-order valence-corrected chi connectivity index (χ2v) is 6.77. The first-order chi connectivity index (χ1) is 14.1. The Morgan fingerprint density at radius 3 is 2.53 bits per heavy atom. The van der Waals surface area contributed by atoms with E-state index in [0.29, 0.717) is 26.3 Å². The van der Waals surface area contributed by atoms with Crippen LogP contribution in [0.1, 0.15) is 17.5 Å². The molecule has 0 aromatic heterocycles. The predicted octanol–water partition coefficient (Wildman–Crippen LogP) is 3.69. The summed E-state index contributed by atoms with van der Waals surface area (Å²) in [5, 5.41) is 3.40. The molecule has 8 heteroatoms. The molecule has 0 aliphatic carbocycles. The van der Waals surface area contributed by atoms with Crippen LogP contribution in [0.2, 0.25) is 0 Å². The fourth-order valence-electron chi connectivity index (χ4n) is 3.20. The van der Waals surface area contributed by atoms with Crippen molar-refractivity contribution in [1.82, 2.24) is 10.2 Å². The van der Waals surface area contributed by atoms with Gasteiger partial charge in [-0.05, 0) is 29.8 Å². The second-order valence-electron chi connectivity index (χ2n) is 6.77. The van der Waals surface area contributed by atoms with E-state index in [2.05, 4.69) is 10.3 Å². The number of halogens is 1. The largest absolute Gasteiger partial charge is 0.497 e. The summed E-state index contributed by atoms with van der Waals surface area (Å²) >= 11 is 0. The fourth-order valence-corrected chi connectivity index (χ4v) is 3.20. The molecule has 0 spiro atoms. The number of hydrogen-bond acceptors (Lipinski definition) is 5. The highest BCUT2D eigenvalue weighted by Gasteiger charge is 2.13. The molecule has 7 nitrogen and oxygen atoms in total. The van der Waals surface area contributed by atoms with Crippen molar-refractivity contribution in [3.8, 4) is 23.0 Å². The molecule has 0 fully saturated rings. The summed E-state index contributed by atoms with van der Waals surface area (Å²) in [6.07, 6.45) is 0.897. The van der Waals surface area contributed by atoms with Crippen LogP contribution in [0.3, 0.4) is 0 Å². The van der Waals surface area contributed by atoms with Crippen molar-refractivity contribution in [2.24, 2.45) is 4.99 Å². The number of rotatable bonds is 6. The van der Waals surface area contributed by atoms with Gasteiger partial charge in [0.1, 0.15) is 11.5 Å². The number of benzene rings is 2. The summed E-state index contributed by atoms with van der Waals surface area (Å²) in [6, 6.07) is 11.8. The molecule has 0 radical (unpaired) electrons. The standard InChI is InChI=1S/C22H29N3O4.HI/c1-23-22(25(2)15-17-7-8-18(26-3)13-20(17)27-4)24-14-16-6-9-19-21(12-16)29-11-5-10-28-19;/h6-9,12-13H,5,10-11,14-15H2,1-4H3,(H,23,24);1H. The molecule has 0 saturated heterocycles. The molecule has 0 saturated carbocycles. The van der Waals surface area contributed by atoms with E-state index in [1.165, 1.54) is 0 Å². The van der Waals surface area contributed by atoms with Crippen molar-refractivity contribution >= 4 is 29.9 Å². The number of nitrogens with one attached hydrogen (secondary N) is 1. The lowest BCUT2D eigenvalue weighted by Gasteiger charge is -2.23. The number of nitrogens with zero attached hydrogens (tertiary/aromatic N) is 2. The third-order valence-electron chi connectivity index (χ3n) is 4.74. The van der Waals surface area contributed by atoms with Gasteiger partial charge in [-0.1, -0.05) is 6.07 Å². The van der Waals surface area contributed by atoms with Gasteiger partial charge in [0.2, 0.25) is 0 Å². The monoisotopic (exact) mass is 527 g/mol. The first-order valence-corrected chi connectivity index (χ1v) is 9.65. The van der Waals surface area contributed by atoms with E-state index in [0.717, 1.165) is 46.5 Å². The predicted molar refractivity (Wildman–Crippen MR) is 129 cm³/mol. The van der Waals surface area contributed by atoms with E-state index < -0.39 is 0 Å². The van der Waals surface area contributed by atoms with Crippen molar-refractivity contribution < 1.29 is 18.9 Å². The van der Waals surface area contributed by atoms with Crippen molar-refractivity contribution in [2.75, 3.05) is 41.5 Å². The Bertz CT molecular complexity index is 860. The number of guanidine groups is 1. The quantitative estimate of drug-likeness (QED) is 0.352. The lowest BCUT2D eigenvalue weighted by Crippen LogP contribution is -2.38. The molecule has 0 atom stereocenters. The third-order valence-corrected chi connectivity index (χ3v) is 4.74. The van der Waals surface area contributed by atoms with Crippen LogP contribution >= 0.6 is 24.0 Å². The average Bonchev–Trinajstić information content (AvgIpc) is 2.99. The van der Waals surface area contributed by atoms with Gasteiger partial charge in [0, 0.05) is 45.2 Å². The second kappa shape index (κ2) is 11.7. The SMILES string of the molecule is CN=C(NCc1ccc2c(c1)OCCCO2)N(C)Cc1ccc(OC)cc1OC.I. The Kier molecular flexibility index (Phi) is 9.35. The lowest BCUT2D eigenvalue weighted by atomic mass is 10.2. The summed E-state index contributed by atoms with van der Waals surface area (Å²) in [4.78, 5) is 6.45. The highest BCUT2D eigenvalue weighted by Crippen LogP contribution is 2.30. The number of aliphatic imine (C=N–C) groups is 1. The van der Waals surface area contributed by atoms with Crippen LogP contribution in [0, 0.1) is 0 Å². The maximum Gasteiger partial charge on any atom is 0.193 e. The van der Waals surface area contributed by atoms with Gasteiger partial charge < -0.3 is 29.2 Å². The normalized spacial score (nSPS) is 13.0. The highest BCUT2D eigenvalue weighted by molar-refractivity contribution is 14.0. The minimum atomic E-state index is 0. The Balaban J connectivity index is 0.00000320. The molecule has 30 heavy (non-hydrogen) atoms. The van der Waals surface area contributed by atoms with E-state index in [9.17, 15) is 0 Å². The van der Waals surface area contributed by atoms with E-state index in [-0.39, 0.29) is 24.0 Å². The van der Waals surface area contributed by atoms with Crippen LogP contribution in [0.25, 0.3) is 0 Å². The molecule has 1 aliphatic rings. The van der Waals surface area contributed by atoms with Gasteiger partial charge in [-0.25, -0.2) is 0 Å². The van der Waals surface area contributed by atoms with Gasteiger partial charge in [0.15, 0.2) is 17.5 Å². The van der Waals surface area contributed by atoms with E-state index in [1.54, 1.807) is 21.3 Å². The number of fused-ring (bicyclic) bond motifs is 1. The molecule has 3 rings (SSSR count). The summed E-state index contributed by atoms with van der Waals surface area (Å²) in [5.41, 5.74) is 2.15. The van der Waals surface area contributed by atoms with Crippen LogP contribution < -0.4 is 24.3 Å². The summed E-state index contributed by atoms with van der Waals surface area (Å²) in [6.45, 7) is 2.65. The maximum atomic E-state index is 5.78. The van der Waals surface area contributed by atoms with Gasteiger partial charge >= 0.3 is 0 Å². The van der Waals surface area contributed by atoms with E-state index >= 15 is 0 Å². The molecular formula is C22H30IN3O4. The Morgan fingerprint density at radius 2 is 1.83 bits per heavy atom. The highest BCUT2D eigenvalue weighted by atomic mass is 127. The van der Waals surface area contributed by atoms with Crippen LogP contribution in [-0.2, 0) is 13.1 Å². The third kappa shape index (κ3) is 6.07. The van der Waals surface area contributed by atoms with Gasteiger partial charge in [-0.2, -0.15) is 0 Å². The zero-order chi connectivity index (χ0) is 20.6. The molecule has 0 amide bonds. The molecule has 0 unspecified atom stereocenters. The minimum absolute atomic E-state index is 0. The zero-order valence-electron chi connectivity index (χ0n) is 17.9. The van der Waals surface area contributed by atoms with Crippen LogP contribution in [-0.4, -0.2) is 52.4 Å². The minimum Gasteiger partial charge on any atom is -0.497 e. The average molecular weight is 527 g/mol.